The van der Waals surface area contributed by atoms with Gasteiger partial charge in [-0.3, -0.25) is 4.79 Å². The summed E-state index contributed by atoms with van der Waals surface area (Å²) in [7, 11) is 0. The third kappa shape index (κ3) is 4.82. The van der Waals surface area contributed by atoms with Crippen LogP contribution in [0.25, 0.3) is 0 Å². The predicted octanol–water partition coefficient (Wildman–Crippen LogP) is 4.28. The van der Waals surface area contributed by atoms with Crippen molar-refractivity contribution in [3.8, 4) is 17.2 Å². The van der Waals surface area contributed by atoms with Crippen LogP contribution in [0.2, 0.25) is 0 Å². The number of aliphatic carboxylic acids is 1. The number of aromatic hydroxyl groups is 1. The van der Waals surface area contributed by atoms with Crippen LogP contribution in [-0.4, -0.2) is 22.2 Å². The average Bonchev–Trinajstić information content (AvgIpc) is 2.49. The lowest BCUT2D eigenvalue weighted by atomic mass is 10.1. The lowest BCUT2D eigenvalue weighted by molar-refractivity contribution is -0.138. The number of carboxylic acids is 1. The van der Waals surface area contributed by atoms with E-state index < -0.39 is 12.0 Å². The van der Waals surface area contributed by atoms with Gasteiger partial charge in [-0.15, -0.1) is 0 Å². The van der Waals surface area contributed by atoms with Crippen LogP contribution in [0.5, 0.6) is 17.2 Å². The van der Waals surface area contributed by atoms with Crippen molar-refractivity contribution in [1.82, 2.24) is 0 Å². The summed E-state index contributed by atoms with van der Waals surface area (Å²) in [6, 6.07) is 9.45. The molecule has 0 aliphatic heterocycles. The summed E-state index contributed by atoms with van der Waals surface area (Å²) < 4.78 is 7.01. The SMILES string of the molecule is N[C@H](C(=O)O)[C@@H](I)c1ccc(Oc2ccc(O)c(I)c2)cc1I. The summed E-state index contributed by atoms with van der Waals surface area (Å²) >= 11 is 6.20. The second-order valence-electron chi connectivity index (χ2n) is 4.66. The van der Waals surface area contributed by atoms with Crippen LogP contribution in [0.1, 0.15) is 9.49 Å². The quantitative estimate of drug-likeness (QED) is 0.332. The summed E-state index contributed by atoms with van der Waals surface area (Å²) in [4.78, 5) is 11.0. The molecule has 4 N–H and O–H groups in total. The van der Waals surface area contributed by atoms with Crippen molar-refractivity contribution in [3.05, 3.63) is 49.1 Å². The van der Waals surface area contributed by atoms with Crippen molar-refractivity contribution < 1.29 is 19.7 Å². The predicted molar refractivity (Wildman–Crippen MR) is 112 cm³/mol. The van der Waals surface area contributed by atoms with E-state index in [1.807, 2.05) is 57.3 Å². The third-order valence-electron chi connectivity index (χ3n) is 3.02. The van der Waals surface area contributed by atoms with Crippen molar-refractivity contribution in [2.24, 2.45) is 5.73 Å². The number of carboxylic acid groups (broad SMARTS) is 1. The fourth-order valence-electron chi connectivity index (χ4n) is 1.80. The molecule has 0 heterocycles. The van der Waals surface area contributed by atoms with Crippen LogP contribution in [0.15, 0.2) is 36.4 Å². The molecule has 122 valence electrons. The number of phenolic OH excluding ortho intramolecular Hbond substituents is 1. The first-order valence-corrected chi connectivity index (χ1v) is 9.78. The molecular formula is C15H12I3NO4. The van der Waals surface area contributed by atoms with Gasteiger partial charge in [0, 0.05) is 3.57 Å². The highest BCUT2D eigenvalue weighted by molar-refractivity contribution is 14.1. The molecule has 2 aromatic carbocycles. The normalized spacial score (nSPS) is 13.4. The molecule has 0 bridgehead atoms. The molecule has 0 aromatic heterocycles. The van der Waals surface area contributed by atoms with Crippen LogP contribution in [-0.2, 0) is 4.79 Å². The van der Waals surface area contributed by atoms with Gasteiger partial charge >= 0.3 is 5.97 Å². The van der Waals surface area contributed by atoms with Crippen molar-refractivity contribution >= 4 is 73.7 Å². The number of phenols is 1. The highest BCUT2D eigenvalue weighted by Gasteiger charge is 2.25. The molecule has 0 unspecified atom stereocenters. The Labute approximate surface area is 174 Å². The highest BCUT2D eigenvalue weighted by Crippen LogP contribution is 2.34. The third-order valence-corrected chi connectivity index (χ3v) is 6.27. The molecule has 0 aliphatic carbocycles. The number of alkyl halides is 1. The molecule has 0 radical (unpaired) electrons. The zero-order valence-corrected chi connectivity index (χ0v) is 18.0. The van der Waals surface area contributed by atoms with E-state index in [1.165, 1.54) is 0 Å². The minimum absolute atomic E-state index is 0.207. The molecule has 0 saturated carbocycles. The van der Waals surface area contributed by atoms with Crippen molar-refractivity contribution in [1.29, 1.82) is 0 Å². The monoisotopic (exact) mass is 651 g/mol. The Morgan fingerprint density at radius 2 is 1.65 bits per heavy atom. The molecule has 2 rings (SSSR count). The number of benzene rings is 2. The number of hydrogen-bond acceptors (Lipinski definition) is 4. The van der Waals surface area contributed by atoms with Gasteiger partial charge in [0.15, 0.2) is 0 Å². The number of ether oxygens (including phenoxy) is 1. The van der Waals surface area contributed by atoms with Crippen molar-refractivity contribution in [3.63, 3.8) is 0 Å². The Kier molecular flexibility index (Phi) is 6.74. The fraction of sp³-hybridized carbons (Fsp3) is 0.133. The highest BCUT2D eigenvalue weighted by atomic mass is 127. The van der Waals surface area contributed by atoms with Crippen LogP contribution in [0.3, 0.4) is 0 Å². The first-order chi connectivity index (χ1) is 10.8. The number of carbonyl (C=O) groups is 1. The van der Waals surface area contributed by atoms with Gasteiger partial charge in [0.25, 0.3) is 0 Å². The number of nitrogens with two attached hydrogens (primary N) is 1. The topological polar surface area (TPSA) is 92.8 Å². The lowest BCUT2D eigenvalue weighted by Gasteiger charge is -2.17. The van der Waals surface area contributed by atoms with Crippen LogP contribution in [0, 0.1) is 7.14 Å². The van der Waals surface area contributed by atoms with Gasteiger partial charge < -0.3 is 20.7 Å². The molecular weight excluding hydrogens is 639 g/mol. The second-order valence-corrected chi connectivity index (χ2v) is 8.33. The van der Waals surface area contributed by atoms with E-state index in [1.54, 1.807) is 24.3 Å². The molecule has 0 aliphatic rings. The van der Waals surface area contributed by atoms with E-state index in [4.69, 9.17) is 15.6 Å². The van der Waals surface area contributed by atoms with Gasteiger partial charge in [0.05, 0.1) is 7.49 Å². The fourth-order valence-corrected chi connectivity index (χ4v) is 4.56. The maximum Gasteiger partial charge on any atom is 0.321 e. The smallest absolute Gasteiger partial charge is 0.321 e. The number of hydrogen-bond donors (Lipinski definition) is 3. The molecule has 2 aromatic rings. The van der Waals surface area contributed by atoms with Crippen molar-refractivity contribution in [2.45, 2.75) is 9.97 Å². The van der Waals surface area contributed by atoms with Crippen LogP contribution >= 0.6 is 67.8 Å². The molecule has 0 amide bonds. The average molecular weight is 651 g/mol. The number of rotatable bonds is 5. The molecule has 0 fully saturated rings. The number of halogens is 3. The van der Waals surface area contributed by atoms with E-state index in [-0.39, 0.29) is 9.67 Å². The van der Waals surface area contributed by atoms with E-state index in [9.17, 15) is 9.90 Å². The maximum atomic E-state index is 11.0. The molecule has 5 nitrogen and oxygen atoms in total. The Hall–Kier alpha value is -0.340. The van der Waals surface area contributed by atoms with Gasteiger partial charge in [0.1, 0.15) is 23.3 Å². The van der Waals surface area contributed by atoms with E-state index in [0.29, 0.717) is 15.1 Å². The molecule has 0 saturated heterocycles. The van der Waals surface area contributed by atoms with Crippen LogP contribution in [0.4, 0.5) is 0 Å². The van der Waals surface area contributed by atoms with Gasteiger partial charge in [-0.1, -0.05) is 28.7 Å². The van der Waals surface area contributed by atoms with Gasteiger partial charge in [0.2, 0.25) is 0 Å². The summed E-state index contributed by atoms with van der Waals surface area (Å²) in [6.45, 7) is 0. The Balaban J connectivity index is 2.21. The Bertz CT molecular complexity index is 739. The summed E-state index contributed by atoms with van der Waals surface area (Å²) in [5, 5.41) is 18.5. The summed E-state index contributed by atoms with van der Waals surface area (Å²) in [5.74, 6) is 0.425. The minimum atomic E-state index is -1.03. The maximum absolute atomic E-state index is 11.0. The van der Waals surface area contributed by atoms with E-state index in [2.05, 4.69) is 22.6 Å². The largest absolute Gasteiger partial charge is 0.507 e. The Morgan fingerprint density at radius 3 is 2.17 bits per heavy atom. The summed E-state index contributed by atoms with van der Waals surface area (Å²) in [5.41, 5.74) is 6.54. The molecule has 2 atom stereocenters. The standard InChI is InChI=1S/C15H12I3NO4/c16-10-5-7(23-8-2-4-12(20)11(17)6-8)1-3-9(10)13(18)14(19)15(21)22/h1-6,13-14,20H,19H2,(H,21,22)/t13-,14-/m0/s1. The van der Waals surface area contributed by atoms with Gasteiger partial charge in [-0.2, -0.15) is 0 Å². The zero-order chi connectivity index (χ0) is 17.1. The lowest BCUT2D eigenvalue weighted by Crippen LogP contribution is -2.34. The van der Waals surface area contributed by atoms with Gasteiger partial charge in [-0.05, 0) is 81.1 Å². The van der Waals surface area contributed by atoms with Gasteiger partial charge in [-0.25, -0.2) is 0 Å². The zero-order valence-electron chi connectivity index (χ0n) is 11.5. The molecule has 8 heteroatoms. The van der Waals surface area contributed by atoms with Crippen LogP contribution < -0.4 is 10.5 Å². The molecule has 23 heavy (non-hydrogen) atoms. The minimum Gasteiger partial charge on any atom is -0.507 e. The van der Waals surface area contributed by atoms with E-state index >= 15 is 0 Å². The van der Waals surface area contributed by atoms with E-state index in [0.717, 1.165) is 9.13 Å². The molecule has 0 spiro atoms. The second kappa shape index (κ2) is 8.16. The first-order valence-electron chi connectivity index (χ1n) is 6.38. The summed E-state index contributed by atoms with van der Waals surface area (Å²) in [6.07, 6.45) is 0. The Morgan fingerprint density at radius 1 is 1.09 bits per heavy atom. The first kappa shape index (κ1) is 19.0. The van der Waals surface area contributed by atoms with Crippen molar-refractivity contribution in [2.75, 3.05) is 0 Å².